The van der Waals surface area contributed by atoms with Crippen molar-refractivity contribution in [1.29, 1.82) is 0 Å². The third kappa shape index (κ3) is 3.87. The summed E-state index contributed by atoms with van der Waals surface area (Å²) >= 11 is 3.41. The quantitative estimate of drug-likeness (QED) is 0.746. The van der Waals surface area contributed by atoms with Crippen molar-refractivity contribution in [3.05, 3.63) is 64.7 Å². The standard InChI is InChI=1S/C16H16BrN5O/c1-2-21-10-13(7-18-21)16(23)20-15-8-19-22(11-15)9-12-3-5-14(17)6-4-12/h3-8,10-11H,2,9H2,1H3,(H,20,23). The Bertz CT molecular complexity index is 806. The van der Waals surface area contributed by atoms with Gasteiger partial charge in [-0.3, -0.25) is 14.2 Å². The molecule has 7 heteroatoms. The second-order valence-electron chi connectivity index (χ2n) is 5.09. The lowest BCUT2D eigenvalue weighted by molar-refractivity contribution is 0.102. The summed E-state index contributed by atoms with van der Waals surface area (Å²) in [6.45, 7) is 3.36. The van der Waals surface area contributed by atoms with Crippen molar-refractivity contribution in [1.82, 2.24) is 19.6 Å². The number of hydrogen-bond acceptors (Lipinski definition) is 3. The highest BCUT2D eigenvalue weighted by molar-refractivity contribution is 9.10. The number of amides is 1. The Hall–Kier alpha value is -2.41. The van der Waals surface area contributed by atoms with Gasteiger partial charge >= 0.3 is 0 Å². The third-order valence-corrected chi connectivity index (χ3v) is 3.90. The van der Waals surface area contributed by atoms with E-state index in [4.69, 9.17) is 0 Å². The Morgan fingerprint density at radius 2 is 1.87 bits per heavy atom. The van der Waals surface area contributed by atoms with Crippen LogP contribution in [0.15, 0.2) is 53.5 Å². The molecule has 0 spiro atoms. The predicted octanol–water partition coefficient (Wildman–Crippen LogP) is 3.16. The zero-order chi connectivity index (χ0) is 16.2. The van der Waals surface area contributed by atoms with Crippen LogP contribution in [-0.4, -0.2) is 25.5 Å². The van der Waals surface area contributed by atoms with Gasteiger partial charge in [0.05, 0.1) is 30.2 Å². The number of nitrogens with zero attached hydrogens (tertiary/aromatic N) is 4. The minimum Gasteiger partial charge on any atom is -0.319 e. The van der Waals surface area contributed by atoms with E-state index >= 15 is 0 Å². The average Bonchev–Trinajstić information content (AvgIpc) is 3.19. The second-order valence-corrected chi connectivity index (χ2v) is 6.01. The molecule has 2 heterocycles. The Morgan fingerprint density at radius 1 is 1.13 bits per heavy atom. The number of rotatable bonds is 5. The van der Waals surface area contributed by atoms with E-state index in [1.54, 1.807) is 28.0 Å². The number of aromatic nitrogens is 4. The van der Waals surface area contributed by atoms with Gasteiger partial charge in [-0.05, 0) is 24.6 Å². The van der Waals surface area contributed by atoms with Crippen molar-refractivity contribution in [3.63, 3.8) is 0 Å². The van der Waals surface area contributed by atoms with Crippen molar-refractivity contribution in [2.45, 2.75) is 20.0 Å². The van der Waals surface area contributed by atoms with Crippen LogP contribution < -0.4 is 5.32 Å². The highest BCUT2D eigenvalue weighted by atomic mass is 79.9. The Balaban J connectivity index is 1.64. The number of benzene rings is 1. The van der Waals surface area contributed by atoms with E-state index in [0.29, 0.717) is 17.8 Å². The third-order valence-electron chi connectivity index (χ3n) is 3.37. The molecule has 0 aliphatic heterocycles. The Morgan fingerprint density at radius 3 is 2.57 bits per heavy atom. The molecule has 3 rings (SSSR count). The normalized spacial score (nSPS) is 10.7. The second kappa shape index (κ2) is 6.78. The zero-order valence-corrected chi connectivity index (χ0v) is 14.2. The summed E-state index contributed by atoms with van der Waals surface area (Å²) in [5, 5.41) is 11.2. The molecule has 0 unspecified atom stereocenters. The van der Waals surface area contributed by atoms with Crippen molar-refractivity contribution in [2.75, 3.05) is 5.32 Å². The molecule has 0 aliphatic rings. The largest absolute Gasteiger partial charge is 0.319 e. The van der Waals surface area contributed by atoms with Gasteiger partial charge in [0.25, 0.3) is 5.91 Å². The van der Waals surface area contributed by atoms with Gasteiger partial charge < -0.3 is 5.32 Å². The molecular weight excluding hydrogens is 358 g/mol. The number of anilines is 1. The van der Waals surface area contributed by atoms with Crippen LogP contribution in [-0.2, 0) is 13.1 Å². The van der Waals surface area contributed by atoms with Gasteiger partial charge in [-0.1, -0.05) is 28.1 Å². The number of carbonyl (C=O) groups is 1. The van der Waals surface area contributed by atoms with Gasteiger partial charge in [0, 0.05) is 23.4 Å². The Labute approximate surface area is 142 Å². The molecule has 23 heavy (non-hydrogen) atoms. The van der Waals surface area contributed by atoms with Crippen LogP contribution >= 0.6 is 15.9 Å². The fourth-order valence-electron chi connectivity index (χ4n) is 2.15. The van der Waals surface area contributed by atoms with Crippen molar-refractivity contribution in [2.24, 2.45) is 0 Å². The molecule has 0 saturated carbocycles. The van der Waals surface area contributed by atoms with E-state index in [-0.39, 0.29) is 5.91 Å². The van der Waals surface area contributed by atoms with Crippen LogP contribution in [0.25, 0.3) is 0 Å². The lowest BCUT2D eigenvalue weighted by Crippen LogP contribution is -2.10. The number of carbonyl (C=O) groups excluding carboxylic acids is 1. The van der Waals surface area contributed by atoms with Crippen LogP contribution in [0.4, 0.5) is 5.69 Å². The summed E-state index contributed by atoms with van der Waals surface area (Å²) < 4.78 is 4.54. The van der Waals surface area contributed by atoms with Gasteiger partial charge in [-0.2, -0.15) is 10.2 Å². The summed E-state index contributed by atoms with van der Waals surface area (Å²) in [5.74, 6) is -0.187. The summed E-state index contributed by atoms with van der Waals surface area (Å²) in [7, 11) is 0. The van der Waals surface area contributed by atoms with Gasteiger partial charge in [-0.15, -0.1) is 0 Å². The maximum absolute atomic E-state index is 12.1. The van der Waals surface area contributed by atoms with E-state index in [0.717, 1.165) is 16.6 Å². The van der Waals surface area contributed by atoms with Crippen LogP contribution in [0.1, 0.15) is 22.8 Å². The number of hydrogen-bond donors (Lipinski definition) is 1. The summed E-state index contributed by atoms with van der Waals surface area (Å²) in [6, 6.07) is 8.05. The molecular formula is C16H16BrN5O. The predicted molar refractivity (Wildman–Crippen MR) is 91.3 cm³/mol. The summed E-state index contributed by atoms with van der Waals surface area (Å²) in [6.07, 6.45) is 6.73. The molecule has 1 aromatic carbocycles. The zero-order valence-electron chi connectivity index (χ0n) is 12.6. The van der Waals surface area contributed by atoms with Gasteiger partial charge in [0.2, 0.25) is 0 Å². The molecule has 6 nitrogen and oxygen atoms in total. The fraction of sp³-hybridized carbons (Fsp3) is 0.188. The van der Waals surface area contributed by atoms with E-state index in [1.165, 1.54) is 0 Å². The molecule has 118 valence electrons. The number of aryl methyl sites for hydroxylation is 1. The molecule has 1 N–H and O–H groups in total. The first-order valence-electron chi connectivity index (χ1n) is 7.25. The van der Waals surface area contributed by atoms with Gasteiger partial charge in [0.15, 0.2) is 0 Å². The van der Waals surface area contributed by atoms with E-state index in [1.807, 2.05) is 37.4 Å². The molecule has 0 saturated heterocycles. The Kier molecular flexibility index (Phi) is 4.57. The lowest BCUT2D eigenvalue weighted by atomic mass is 10.2. The molecule has 0 fully saturated rings. The molecule has 3 aromatic rings. The average molecular weight is 374 g/mol. The molecule has 0 aliphatic carbocycles. The topological polar surface area (TPSA) is 64.7 Å². The number of nitrogens with one attached hydrogen (secondary N) is 1. The number of halogens is 1. The van der Waals surface area contributed by atoms with Gasteiger partial charge in [0.1, 0.15) is 0 Å². The van der Waals surface area contributed by atoms with E-state index in [2.05, 4.69) is 31.4 Å². The van der Waals surface area contributed by atoms with Crippen molar-refractivity contribution >= 4 is 27.5 Å². The minimum atomic E-state index is -0.187. The van der Waals surface area contributed by atoms with Crippen LogP contribution in [0.5, 0.6) is 0 Å². The van der Waals surface area contributed by atoms with E-state index < -0.39 is 0 Å². The maximum Gasteiger partial charge on any atom is 0.258 e. The van der Waals surface area contributed by atoms with Crippen LogP contribution in [0.3, 0.4) is 0 Å². The first kappa shape index (κ1) is 15.5. The molecule has 1 amide bonds. The fourth-order valence-corrected chi connectivity index (χ4v) is 2.41. The smallest absolute Gasteiger partial charge is 0.258 e. The SMILES string of the molecule is CCn1cc(C(=O)Nc2cnn(Cc3ccc(Br)cc3)c2)cn1. The monoisotopic (exact) mass is 373 g/mol. The molecule has 2 aromatic heterocycles. The van der Waals surface area contributed by atoms with E-state index in [9.17, 15) is 4.79 Å². The highest BCUT2D eigenvalue weighted by Gasteiger charge is 2.10. The summed E-state index contributed by atoms with van der Waals surface area (Å²) in [5.41, 5.74) is 2.34. The molecule has 0 bridgehead atoms. The first-order chi connectivity index (χ1) is 11.1. The molecule has 0 atom stereocenters. The minimum absolute atomic E-state index is 0.187. The van der Waals surface area contributed by atoms with Crippen LogP contribution in [0, 0.1) is 0 Å². The maximum atomic E-state index is 12.1. The highest BCUT2D eigenvalue weighted by Crippen LogP contribution is 2.13. The lowest BCUT2D eigenvalue weighted by Gasteiger charge is -2.02. The van der Waals surface area contributed by atoms with Crippen molar-refractivity contribution in [3.8, 4) is 0 Å². The first-order valence-corrected chi connectivity index (χ1v) is 8.04. The molecule has 0 radical (unpaired) electrons. The van der Waals surface area contributed by atoms with Crippen molar-refractivity contribution < 1.29 is 4.79 Å². The summed E-state index contributed by atoms with van der Waals surface area (Å²) in [4.78, 5) is 12.1. The van der Waals surface area contributed by atoms with Gasteiger partial charge in [-0.25, -0.2) is 0 Å². The van der Waals surface area contributed by atoms with Crippen LogP contribution in [0.2, 0.25) is 0 Å².